The molecular weight excluding hydrogens is 322 g/mol. The molecule has 1 aromatic carbocycles. The molecule has 1 fully saturated rings. The standard InChI is InChI=1S/C17H17N5O3/c23-17(25-10-12-4-2-1-3-5-12)22-6-7-24-14(9-22)16-20-13-8-18-11-19-15(13)21-16/h1-5,8,11,14H,6-7,9-10H2,(H,18,19,20,21). The Labute approximate surface area is 143 Å². The number of imidazole rings is 1. The lowest BCUT2D eigenvalue weighted by Crippen LogP contribution is -2.42. The molecule has 25 heavy (non-hydrogen) atoms. The van der Waals surface area contributed by atoms with Gasteiger partial charge < -0.3 is 19.4 Å². The first-order chi connectivity index (χ1) is 12.3. The largest absolute Gasteiger partial charge is 0.445 e. The summed E-state index contributed by atoms with van der Waals surface area (Å²) in [6.07, 6.45) is 2.41. The molecule has 1 saturated heterocycles. The van der Waals surface area contributed by atoms with Crippen LogP contribution in [-0.4, -0.2) is 50.6 Å². The van der Waals surface area contributed by atoms with Gasteiger partial charge >= 0.3 is 6.09 Å². The Bertz CT molecular complexity index is 834. The summed E-state index contributed by atoms with van der Waals surface area (Å²) in [5.74, 6) is 0.635. The second kappa shape index (κ2) is 6.86. The van der Waals surface area contributed by atoms with Crippen LogP contribution in [0.3, 0.4) is 0 Å². The van der Waals surface area contributed by atoms with E-state index in [1.54, 1.807) is 11.1 Å². The normalized spacial score (nSPS) is 17.6. The van der Waals surface area contributed by atoms with Gasteiger partial charge in [0, 0.05) is 6.54 Å². The minimum atomic E-state index is -0.354. The molecule has 1 atom stereocenters. The maximum atomic E-state index is 12.3. The number of carbonyl (C=O) groups excluding carboxylic acids is 1. The highest BCUT2D eigenvalue weighted by atomic mass is 16.6. The van der Waals surface area contributed by atoms with Crippen molar-refractivity contribution in [2.75, 3.05) is 19.7 Å². The van der Waals surface area contributed by atoms with E-state index in [9.17, 15) is 4.79 Å². The summed E-state index contributed by atoms with van der Waals surface area (Å²) in [6, 6.07) is 9.60. The molecule has 1 amide bonds. The molecule has 0 saturated carbocycles. The highest BCUT2D eigenvalue weighted by Gasteiger charge is 2.28. The van der Waals surface area contributed by atoms with Crippen LogP contribution in [0.2, 0.25) is 0 Å². The van der Waals surface area contributed by atoms with Crippen LogP contribution in [0.15, 0.2) is 42.9 Å². The lowest BCUT2D eigenvalue weighted by atomic mass is 10.2. The molecular formula is C17H17N5O3. The molecule has 0 spiro atoms. The summed E-state index contributed by atoms with van der Waals surface area (Å²) < 4.78 is 11.1. The number of aromatic nitrogens is 4. The number of amides is 1. The summed E-state index contributed by atoms with van der Waals surface area (Å²) in [4.78, 5) is 29.6. The Hall–Kier alpha value is -3.00. The fourth-order valence-corrected chi connectivity index (χ4v) is 2.72. The van der Waals surface area contributed by atoms with Crippen molar-refractivity contribution in [1.82, 2.24) is 24.8 Å². The maximum absolute atomic E-state index is 12.3. The van der Waals surface area contributed by atoms with Crippen molar-refractivity contribution < 1.29 is 14.3 Å². The number of ether oxygens (including phenoxy) is 2. The van der Waals surface area contributed by atoms with Crippen LogP contribution in [0, 0.1) is 0 Å². The number of hydrogen-bond donors (Lipinski definition) is 1. The van der Waals surface area contributed by atoms with Gasteiger partial charge in [0.15, 0.2) is 5.65 Å². The number of rotatable bonds is 3. The molecule has 8 heteroatoms. The molecule has 8 nitrogen and oxygen atoms in total. The van der Waals surface area contributed by atoms with Gasteiger partial charge in [-0.25, -0.2) is 19.7 Å². The molecule has 128 valence electrons. The Morgan fingerprint density at radius 3 is 3.08 bits per heavy atom. The monoisotopic (exact) mass is 339 g/mol. The number of H-pyrrole nitrogens is 1. The second-order valence-corrected chi connectivity index (χ2v) is 5.73. The number of fused-ring (bicyclic) bond motifs is 1. The predicted octanol–water partition coefficient (Wildman–Crippen LogP) is 2.06. The third kappa shape index (κ3) is 3.43. The van der Waals surface area contributed by atoms with E-state index < -0.39 is 0 Å². The van der Waals surface area contributed by atoms with Gasteiger partial charge in [-0.15, -0.1) is 0 Å². The average molecular weight is 339 g/mol. The van der Waals surface area contributed by atoms with Crippen LogP contribution in [-0.2, 0) is 16.1 Å². The van der Waals surface area contributed by atoms with Crippen LogP contribution in [0.25, 0.3) is 11.2 Å². The molecule has 2 aromatic heterocycles. The smallest absolute Gasteiger partial charge is 0.410 e. The lowest BCUT2D eigenvalue weighted by molar-refractivity contribution is -0.0330. The van der Waals surface area contributed by atoms with Crippen molar-refractivity contribution in [1.29, 1.82) is 0 Å². The minimum Gasteiger partial charge on any atom is -0.445 e. The number of nitrogens with one attached hydrogen (secondary N) is 1. The summed E-state index contributed by atoms with van der Waals surface area (Å²) in [6.45, 7) is 1.54. The number of morpholine rings is 1. The van der Waals surface area contributed by atoms with E-state index in [4.69, 9.17) is 9.47 Å². The molecule has 3 heterocycles. The van der Waals surface area contributed by atoms with E-state index in [1.165, 1.54) is 6.33 Å². The molecule has 1 unspecified atom stereocenters. The quantitative estimate of drug-likeness (QED) is 0.785. The van der Waals surface area contributed by atoms with Gasteiger partial charge in [-0.3, -0.25) is 0 Å². The van der Waals surface area contributed by atoms with Gasteiger partial charge in [0.1, 0.15) is 30.4 Å². The fraction of sp³-hybridized carbons (Fsp3) is 0.294. The van der Waals surface area contributed by atoms with E-state index in [0.29, 0.717) is 31.2 Å². The van der Waals surface area contributed by atoms with Crippen LogP contribution in [0.5, 0.6) is 0 Å². The zero-order valence-corrected chi connectivity index (χ0v) is 13.5. The third-order valence-electron chi connectivity index (χ3n) is 4.02. The number of nitrogens with zero attached hydrogens (tertiary/aromatic N) is 4. The van der Waals surface area contributed by atoms with E-state index in [2.05, 4.69) is 19.9 Å². The Kier molecular flexibility index (Phi) is 4.26. The number of carbonyl (C=O) groups is 1. The SMILES string of the molecule is O=C(OCc1ccccc1)N1CCOC(c2nc3ncncc3[nH]2)C1. The summed E-state index contributed by atoms with van der Waals surface area (Å²) >= 11 is 0. The minimum absolute atomic E-state index is 0.252. The second-order valence-electron chi connectivity index (χ2n) is 5.73. The van der Waals surface area contributed by atoms with Crippen LogP contribution >= 0.6 is 0 Å². The van der Waals surface area contributed by atoms with Crippen molar-refractivity contribution in [3.8, 4) is 0 Å². The zero-order valence-electron chi connectivity index (χ0n) is 13.5. The molecule has 0 aliphatic carbocycles. The Balaban J connectivity index is 1.41. The van der Waals surface area contributed by atoms with E-state index in [0.717, 1.165) is 11.1 Å². The van der Waals surface area contributed by atoms with Crippen molar-refractivity contribution in [2.45, 2.75) is 12.7 Å². The van der Waals surface area contributed by atoms with Crippen LogP contribution < -0.4 is 0 Å². The van der Waals surface area contributed by atoms with Gasteiger partial charge in [0.05, 0.1) is 19.3 Å². The Morgan fingerprint density at radius 2 is 2.24 bits per heavy atom. The molecule has 1 N–H and O–H groups in total. The highest BCUT2D eigenvalue weighted by Crippen LogP contribution is 2.22. The molecule has 4 rings (SSSR count). The first-order valence-electron chi connectivity index (χ1n) is 8.02. The molecule has 1 aliphatic heterocycles. The van der Waals surface area contributed by atoms with E-state index >= 15 is 0 Å². The highest BCUT2D eigenvalue weighted by molar-refractivity contribution is 5.69. The molecule has 1 aliphatic rings. The lowest BCUT2D eigenvalue weighted by Gasteiger charge is -2.31. The van der Waals surface area contributed by atoms with Gasteiger partial charge in [0.25, 0.3) is 0 Å². The summed E-state index contributed by atoms with van der Waals surface area (Å²) in [5.41, 5.74) is 2.28. The van der Waals surface area contributed by atoms with E-state index in [1.807, 2.05) is 30.3 Å². The molecule has 3 aromatic rings. The van der Waals surface area contributed by atoms with Crippen molar-refractivity contribution >= 4 is 17.3 Å². The first-order valence-corrected chi connectivity index (χ1v) is 8.02. The number of aromatic amines is 1. The first kappa shape index (κ1) is 15.5. The van der Waals surface area contributed by atoms with Crippen molar-refractivity contribution in [3.63, 3.8) is 0 Å². The van der Waals surface area contributed by atoms with E-state index in [-0.39, 0.29) is 18.8 Å². The Morgan fingerprint density at radius 1 is 1.36 bits per heavy atom. The number of hydrogen-bond acceptors (Lipinski definition) is 6. The van der Waals surface area contributed by atoms with Crippen LogP contribution in [0.1, 0.15) is 17.5 Å². The summed E-state index contributed by atoms with van der Waals surface area (Å²) in [5, 5.41) is 0. The van der Waals surface area contributed by atoms with Gasteiger partial charge in [-0.1, -0.05) is 30.3 Å². The average Bonchev–Trinajstić information content (AvgIpc) is 3.11. The summed E-state index contributed by atoms with van der Waals surface area (Å²) in [7, 11) is 0. The molecule has 0 bridgehead atoms. The van der Waals surface area contributed by atoms with Crippen LogP contribution in [0.4, 0.5) is 4.79 Å². The van der Waals surface area contributed by atoms with Crippen molar-refractivity contribution in [3.05, 3.63) is 54.2 Å². The van der Waals surface area contributed by atoms with Gasteiger partial charge in [-0.2, -0.15) is 0 Å². The fourth-order valence-electron chi connectivity index (χ4n) is 2.72. The topological polar surface area (TPSA) is 93.2 Å². The van der Waals surface area contributed by atoms with Crippen molar-refractivity contribution in [2.24, 2.45) is 0 Å². The van der Waals surface area contributed by atoms with Gasteiger partial charge in [0.2, 0.25) is 0 Å². The third-order valence-corrected chi connectivity index (χ3v) is 4.02. The predicted molar refractivity (Wildman–Crippen MR) is 88.6 cm³/mol. The van der Waals surface area contributed by atoms with Gasteiger partial charge in [-0.05, 0) is 5.56 Å². The maximum Gasteiger partial charge on any atom is 0.410 e. The zero-order chi connectivity index (χ0) is 17.1. The molecule has 0 radical (unpaired) electrons. The number of benzene rings is 1.